The molecule has 0 atom stereocenters. The lowest BCUT2D eigenvalue weighted by molar-refractivity contribution is -0.127. The molecule has 1 aromatic carbocycles. The maximum atomic E-state index is 12.2. The van der Waals surface area contributed by atoms with Crippen LogP contribution in [0.5, 0.6) is 0 Å². The summed E-state index contributed by atoms with van der Waals surface area (Å²) in [6, 6.07) is 8.99. The highest BCUT2D eigenvalue weighted by atomic mass is 32.2. The van der Waals surface area contributed by atoms with Gasteiger partial charge in [0.25, 0.3) is 0 Å². The van der Waals surface area contributed by atoms with E-state index in [9.17, 15) is 4.79 Å². The fraction of sp³-hybridized carbons (Fsp3) is 0.444. The molecule has 1 saturated carbocycles. The Hall–Kier alpha value is -1.75. The SMILES string of the molecule is CC(C)c1ccc(-n2ccnc2SCC(=O)N(C)C2CC2)cc1. The number of rotatable bonds is 6. The zero-order valence-corrected chi connectivity index (χ0v) is 14.7. The highest BCUT2D eigenvalue weighted by Crippen LogP contribution is 2.27. The second-order valence-electron chi connectivity index (χ2n) is 6.35. The van der Waals surface area contributed by atoms with E-state index in [4.69, 9.17) is 0 Å². The Morgan fingerprint density at radius 1 is 1.35 bits per heavy atom. The van der Waals surface area contributed by atoms with E-state index >= 15 is 0 Å². The molecule has 0 N–H and O–H groups in total. The van der Waals surface area contributed by atoms with Gasteiger partial charge in [-0.25, -0.2) is 4.98 Å². The summed E-state index contributed by atoms with van der Waals surface area (Å²) in [4.78, 5) is 18.4. The topological polar surface area (TPSA) is 38.1 Å². The van der Waals surface area contributed by atoms with Crippen LogP contribution in [-0.4, -0.2) is 39.2 Å². The Morgan fingerprint density at radius 3 is 2.65 bits per heavy atom. The third-order valence-electron chi connectivity index (χ3n) is 4.26. The van der Waals surface area contributed by atoms with Crippen molar-refractivity contribution in [2.24, 2.45) is 0 Å². The maximum absolute atomic E-state index is 12.2. The van der Waals surface area contributed by atoms with Crippen molar-refractivity contribution in [3.8, 4) is 5.69 Å². The molecule has 1 aliphatic carbocycles. The minimum absolute atomic E-state index is 0.183. The molecule has 23 heavy (non-hydrogen) atoms. The fourth-order valence-electron chi connectivity index (χ4n) is 2.51. The van der Waals surface area contributed by atoms with Crippen molar-refractivity contribution in [2.45, 2.75) is 43.8 Å². The molecule has 0 spiro atoms. The van der Waals surface area contributed by atoms with E-state index in [0.717, 1.165) is 23.7 Å². The lowest BCUT2D eigenvalue weighted by Gasteiger charge is -2.16. The van der Waals surface area contributed by atoms with Crippen molar-refractivity contribution < 1.29 is 4.79 Å². The molecule has 3 rings (SSSR count). The number of carbonyl (C=O) groups is 1. The van der Waals surface area contributed by atoms with Crippen molar-refractivity contribution in [1.82, 2.24) is 14.5 Å². The summed E-state index contributed by atoms with van der Waals surface area (Å²) in [5.41, 5.74) is 2.40. The number of nitrogens with zero attached hydrogens (tertiary/aromatic N) is 3. The summed E-state index contributed by atoms with van der Waals surface area (Å²) in [6.45, 7) is 4.38. The van der Waals surface area contributed by atoms with Gasteiger partial charge in [0, 0.05) is 31.2 Å². The van der Waals surface area contributed by atoms with Crippen LogP contribution < -0.4 is 0 Å². The average Bonchev–Trinajstić information content (AvgIpc) is 3.30. The third kappa shape index (κ3) is 3.78. The van der Waals surface area contributed by atoms with Crippen LogP contribution in [0.3, 0.4) is 0 Å². The lowest BCUT2D eigenvalue weighted by atomic mass is 10.0. The van der Waals surface area contributed by atoms with Gasteiger partial charge in [-0.15, -0.1) is 0 Å². The Bertz CT molecular complexity index is 674. The summed E-state index contributed by atoms with van der Waals surface area (Å²) in [5, 5.41) is 0.861. The molecule has 1 heterocycles. The Morgan fingerprint density at radius 2 is 2.04 bits per heavy atom. The normalized spacial score (nSPS) is 14.3. The molecule has 122 valence electrons. The van der Waals surface area contributed by atoms with E-state index in [2.05, 4.69) is 43.1 Å². The first-order chi connectivity index (χ1) is 11.1. The van der Waals surface area contributed by atoms with Crippen molar-refractivity contribution in [3.63, 3.8) is 0 Å². The Labute approximate surface area is 141 Å². The molecule has 0 saturated heterocycles. The molecule has 0 radical (unpaired) electrons. The zero-order chi connectivity index (χ0) is 16.4. The van der Waals surface area contributed by atoms with Gasteiger partial charge in [-0.05, 0) is 36.5 Å². The van der Waals surface area contributed by atoms with Gasteiger partial charge in [0.1, 0.15) is 0 Å². The van der Waals surface area contributed by atoms with E-state index in [-0.39, 0.29) is 5.91 Å². The molecular formula is C18H23N3OS. The predicted octanol–water partition coefficient (Wildman–Crippen LogP) is 3.71. The summed E-state index contributed by atoms with van der Waals surface area (Å²) in [7, 11) is 1.90. The first kappa shape index (κ1) is 16.1. The van der Waals surface area contributed by atoms with Crippen molar-refractivity contribution >= 4 is 17.7 Å². The fourth-order valence-corrected chi connectivity index (χ4v) is 3.40. The highest BCUT2D eigenvalue weighted by Gasteiger charge is 2.29. The van der Waals surface area contributed by atoms with E-state index < -0.39 is 0 Å². The first-order valence-electron chi connectivity index (χ1n) is 8.08. The lowest BCUT2D eigenvalue weighted by Crippen LogP contribution is -2.30. The van der Waals surface area contributed by atoms with Crippen LogP contribution in [0.15, 0.2) is 41.8 Å². The van der Waals surface area contributed by atoms with Crippen molar-refractivity contribution in [1.29, 1.82) is 0 Å². The van der Waals surface area contributed by atoms with Gasteiger partial charge in [0.2, 0.25) is 5.91 Å². The van der Waals surface area contributed by atoms with Crippen LogP contribution in [0.25, 0.3) is 5.69 Å². The molecule has 2 aromatic rings. The third-order valence-corrected chi connectivity index (χ3v) is 5.21. The summed E-state index contributed by atoms with van der Waals surface area (Å²) in [6.07, 6.45) is 6.02. The average molecular weight is 329 g/mol. The predicted molar refractivity (Wildman–Crippen MR) is 94.2 cm³/mol. The van der Waals surface area contributed by atoms with Crippen LogP contribution >= 0.6 is 11.8 Å². The molecule has 1 aliphatic rings. The van der Waals surface area contributed by atoms with Gasteiger partial charge < -0.3 is 4.90 Å². The van der Waals surface area contributed by atoms with E-state index in [1.807, 2.05) is 22.7 Å². The number of benzene rings is 1. The van der Waals surface area contributed by atoms with Crippen LogP contribution in [0.4, 0.5) is 0 Å². The van der Waals surface area contributed by atoms with Gasteiger partial charge in [-0.1, -0.05) is 37.7 Å². The number of aromatic nitrogens is 2. The zero-order valence-electron chi connectivity index (χ0n) is 13.9. The number of amides is 1. The summed E-state index contributed by atoms with van der Waals surface area (Å²) in [5.74, 6) is 1.15. The van der Waals surface area contributed by atoms with Crippen molar-refractivity contribution in [2.75, 3.05) is 12.8 Å². The van der Waals surface area contributed by atoms with Gasteiger partial charge in [0.15, 0.2) is 5.16 Å². The number of hydrogen-bond acceptors (Lipinski definition) is 3. The highest BCUT2D eigenvalue weighted by molar-refractivity contribution is 7.99. The van der Waals surface area contributed by atoms with Gasteiger partial charge in [-0.3, -0.25) is 9.36 Å². The molecule has 0 unspecified atom stereocenters. The number of imidazole rings is 1. The minimum atomic E-state index is 0.183. The number of carbonyl (C=O) groups excluding carboxylic acids is 1. The second-order valence-corrected chi connectivity index (χ2v) is 7.29. The largest absolute Gasteiger partial charge is 0.342 e. The smallest absolute Gasteiger partial charge is 0.233 e. The molecule has 4 nitrogen and oxygen atoms in total. The van der Waals surface area contributed by atoms with E-state index in [0.29, 0.717) is 17.7 Å². The molecule has 5 heteroatoms. The molecule has 0 bridgehead atoms. The molecule has 1 aromatic heterocycles. The molecule has 1 amide bonds. The Balaban J connectivity index is 1.68. The Kier molecular flexibility index (Phi) is 4.76. The quantitative estimate of drug-likeness (QED) is 0.758. The standard InChI is InChI=1S/C18H23N3OS/c1-13(2)14-4-6-16(7-5-14)21-11-10-19-18(21)23-12-17(22)20(3)15-8-9-15/h4-7,10-11,13,15H,8-9,12H2,1-3H3. The van der Waals surface area contributed by atoms with Crippen LogP contribution in [-0.2, 0) is 4.79 Å². The van der Waals surface area contributed by atoms with Gasteiger partial charge in [0.05, 0.1) is 5.75 Å². The second kappa shape index (κ2) is 6.79. The van der Waals surface area contributed by atoms with E-state index in [1.54, 1.807) is 6.20 Å². The number of thioether (sulfide) groups is 1. The van der Waals surface area contributed by atoms with E-state index in [1.165, 1.54) is 17.3 Å². The first-order valence-corrected chi connectivity index (χ1v) is 9.07. The maximum Gasteiger partial charge on any atom is 0.233 e. The summed E-state index contributed by atoms with van der Waals surface area (Å²) < 4.78 is 2.04. The van der Waals surface area contributed by atoms with Gasteiger partial charge >= 0.3 is 0 Å². The van der Waals surface area contributed by atoms with Crippen molar-refractivity contribution in [3.05, 3.63) is 42.2 Å². The minimum Gasteiger partial charge on any atom is -0.342 e. The summed E-state index contributed by atoms with van der Waals surface area (Å²) >= 11 is 1.50. The van der Waals surface area contributed by atoms with Crippen LogP contribution in [0.2, 0.25) is 0 Å². The molecule has 0 aliphatic heterocycles. The molecular weight excluding hydrogens is 306 g/mol. The monoisotopic (exact) mass is 329 g/mol. The van der Waals surface area contributed by atoms with Gasteiger partial charge in [-0.2, -0.15) is 0 Å². The van der Waals surface area contributed by atoms with Crippen LogP contribution in [0.1, 0.15) is 38.2 Å². The number of hydrogen-bond donors (Lipinski definition) is 0. The van der Waals surface area contributed by atoms with Crippen LogP contribution in [0, 0.1) is 0 Å². The molecule has 1 fully saturated rings.